The summed E-state index contributed by atoms with van der Waals surface area (Å²) in [6.07, 6.45) is 0.615. The van der Waals surface area contributed by atoms with Gasteiger partial charge in [-0.3, -0.25) is 9.59 Å². The van der Waals surface area contributed by atoms with Gasteiger partial charge >= 0.3 is 0 Å². The molecule has 3 rings (SSSR count). The summed E-state index contributed by atoms with van der Waals surface area (Å²) in [4.78, 5) is 29.8. The summed E-state index contributed by atoms with van der Waals surface area (Å²) >= 11 is 5.92. The summed E-state index contributed by atoms with van der Waals surface area (Å²) in [5.41, 5.74) is 0.995. The second-order valence-electron chi connectivity index (χ2n) is 8.36. The molecule has 2 aromatic carbocycles. The van der Waals surface area contributed by atoms with E-state index in [9.17, 15) is 9.59 Å². The van der Waals surface area contributed by atoms with Crippen molar-refractivity contribution in [2.24, 2.45) is 0 Å². The van der Waals surface area contributed by atoms with Crippen molar-refractivity contribution in [3.05, 3.63) is 88.8 Å². The SMILES string of the molecule is CCOCCCN(CC(=O)N(Cc1ccccc1)Cc1ccc(C)o1)C(=O)COc1ccc(Cl)cc1. The molecule has 192 valence electrons. The number of carbonyl (C=O) groups excluding carboxylic acids is 2. The van der Waals surface area contributed by atoms with E-state index < -0.39 is 0 Å². The zero-order valence-corrected chi connectivity index (χ0v) is 21.6. The van der Waals surface area contributed by atoms with Crippen LogP contribution < -0.4 is 4.74 Å². The van der Waals surface area contributed by atoms with E-state index in [4.69, 9.17) is 25.5 Å². The summed E-state index contributed by atoms with van der Waals surface area (Å²) in [6.45, 7) is 5.74. The van der Waals surface area contributed by atoms with Gasteiger partial charge in [-0.15, -0.1) is 0 Å². The molecule has 0 saturated heterocycles. The fourth-order valence-electron chi connectivity index (χ4n) is 3.62. The summed E-state index contributed by atoms with van der Waals surface area (Å²) in [7, 11) is 0. The molecule has 3 aromatic rings. The molecule has 1 aromatic heterocycles. The van der Waals surface area contributed by atoms with E-state index in [-0.39, 0.29) is 25.0 Å². The van der Waals surface area contributed by atoms with Crippen molar-refractivity contribution in [1.82, 2.24) is 9.80 Å². The smallest absolute Gasteiger partial charge is 0.260 e. The third kappa shape index (κ3) is 9.06. The molecule has 0 aliphatic carbocycles. The third-order valence-corrected chi connectivity index (χ3v) is 5.74. The normalized spacial score (nSPS) is 10.8. The van der Waals surface area contributed by atoms with Gasteiger partial charge in [0.2, 0.25) is 5.91 Å². The maximum Gasteiger partial charge on any atom is 0.260 e. The number of carbonyl (C=O) groups is 2. The van der Waals surface area contributed by atoms with Crippen molar-refractivity contribution in [3.63, 3.8) is 0 Å². The number of aryl methyl sites for hydroxylation is 1. The molecule has 0 radical (unpaired) electrons. The minimum atomic E-state index is -0.275. The van der Waals surface area contributed by atoms with Crippen molar-refractivity contribution in [3.8, 4) is 5.75 Å². The van der Waals surface area contributed by atoms with E-state index in [1.807, 2.05) is 56.3 Å². The minimum absolute atomic E-state index is 0.0680. The molecule has 36 heavy (non-hydrogen) atoms. The Bertz CT molecular complexity index is 1080. The van der Waals surface area contributed by atoms with Crippen LogP contribution in [0.5, 0.6) is 5.75 Å². The number of halogens is 1. The molecule has 0 aliphatic heterocycles. The van der Waals surface area contributed by atoms with Crippen LogP contribution in [0.3, 0.4) is 0 Å². The van der Waals surface area contributed by atoms with Gasteiger partial charge in [-0.1, -0.05) is 41.9 Å². The topological polar surface area (TPSA) is 72.2 Å². The van der Waals surface area contributed by atoms with Crippen molar-refractivity contribution >= 4 is 23.4 Å². The van der Waals surface area contributed by atoms with Gasteiger partial charge in [0, 0.05) is 31.3 Å². The molecule has 0 spiro atoms. The Balaban J connectivity index is 1.70. The summed E-state index contributed by atoms with van der Waals surface area (Å²) in [6, 6.07) is 20.3. The zero-order chi connectivity index (χ0) is 25.8. The molecule has 0 fully saturated rings. The van der Waals surface area contributed by atoms with Crippen LogP contribution in [0.1, 0.15) is 30.4 Å². The van der Waals surface area contributed by atoms with Crippen LogP contribution in [-0.2, 0) is 27.4 Å². The fraction of sp³-hybridized carbons (Fsp3) is 0.357. The Hall–Kier alpha value is -3.29. The Morgan fingerprint density at radius 1 is 0.917 bits per heavy atom. The lowest BCUT2D eigenvalue weighted by Gasteiger charge is -2.27. The molecule has 1 heterocycles. The predicted octanol–water partition coefficient (Wildman–Crippen LogP) is 5.10. The average molecular weight is 513 g/mol. The molecule has 0 saturated carbocycles. The number of hydrogen-bond donors (Lipinski definition) is 0. The monoisotopic (exact) mass is 512 g/mol. The maximum atomic E-state index is 13.5. The lowest BCUT2D eigenvalue weighted by atomic mass is 10.2. The third-order valence-electron chi connectivity index (χ3n) is 5.49. The van der Waals surface area contributed by atoms with Crippen LogP contribution in [0.25, 0.3) is 0 Å². The van der Waals surface area contributed by atoms with E-state index in [0.717, 1.165) is 11.3 Å². The van der Waals surface area contributed by atoms with Crippen molar-refractivity contribution < 1.29 is 23.5 Å². The number of rotatable bonds is 14. The second kappa shape index (κ2) is 14.3. The molecule has 0 unspecified atom stereocenters. The van der Waals surface area contributed by atoms with Gasteiger partial charge in [0.15, 0.2) is 6.61 Å². The number of hydrogen-bond acceptors (Lipinski definition) is 5. The Morgan fingerprint density at radius 2 is 1.67 bits per heavy atom. The van der Waals surface area contributed by atoms with Gasteiger partial charge in [0.1, 0.15) is 17.3 Å². The van der Waals surface area contributed by atoms with Crippen LogP contribution >= 0.6 is 11.6 Å². The maximum absolute atomic E-state index is 13.5. The minimum Gasteiger partial charge on any atom is -0.484 e. The molecule has 0 N–H and O–H groups in total. The zero-order valence-electron chi connectivity index (χ0n) is 20.8. The Kier molecular flexibility index (Phi) is 10.9. The number of benzene rings is 2. The van der Waals surface area contributed by atoms with Crippen molar-refractivity contribution in [1.29, 1.82) is 0 Å². The van der Waals surface area contributed by atoms with Crippen LogP contribution in [0.2, 0.25) is 5.02 Å². The first kappa shape index (κ1) is 27.3. The van der Waals surface area contributed by atoms with Crippen molar-refractivity contribution in [2.45, 2.75) is 33.4 Å². The van der Waals surface area contributed by atoms with Crippen LogP contribution in [0, 0.1) is 6.92 Å². The quantitative estimate of drug-likeness (QED) is 0.281. The van der Waals surface area contributed by atoms with Gasteiger partial charge in [0.25, 0.3) is 5.91 Å². The standard InChI is InChI=1S/C28H33ClN2O5/c1-3-34-17-7-16-30(28(33)21-35-25-14-11-24(29)12-15-25)20-27(32)31(18-23-8-5-4-6-9-23)19-26-13-10-22(2)36-26/h4-6,8-15H,3,7,16-21H2,1-2H3. The van der Waals surface area contributed by atoms with E-state index >= 15 is 0 Å². The van der Waals surface area contributed by atoms with Gasteiger partial charge in [-0.2, -0.15) is 0 Å². The summed E-state index contributed by atoms with van der Waals surface area (Å²) < 4.78 is 16.8. The van der Waals surface area contributed by atoms with Gasteiger partial charge < -0.3 is 23.7 Å². The number of ether oxygens (including phenoxy) is 2. The Morgan fingerprint density at radius 3 is 2.33 bits per heavy atom. The van der Waals surface area contributed by atoms with Crippen LogP contribution in [0.15, 0.2) is 71.1 Å². The molecule has 7 nitrogen and oxygen atoms in total. The molecule has 0 aliphatic rings. The highest BCUT2D eigenvalue weighted by atomic mass is 35.5. The molecule has 0 atom stereocenters. The fourth-order valence-corrected chi connectivity index (χ4v) is 3.74. The van der Waals surface area contributed by atoms with Crippen LogP contribution in [0.4, 0.5) is 0 Å². The highest BCUT2D eigenvalue weighted by Gasteiger charge is 2.23. The first-order valence-corrected chi connectivity index (χ1v) is 12.4. The summed E-state index contributed by atoms with van der Waals surface area (Å²) in [5, 5.41) is 0.585. The first-order valence-electron chi connectivity index (χ1n) is 12.1. The lowest BCUT2D eigenvalue weighted by Crippen LogP contribution is -2.44. The molecular weight excluding hydrogens is 480 g/mol. The molecule has 2 amide bonds. The second-order valence-corrected chi connectivity index (χ2v) is 8.79. The van der Waals surface area contributed by atoms with E-state index in [1.54, 1.807) is 29.2 Å². The van der Waals surface area contributed by atoms with E-state index in [0.29, 0.717) is 55.8 Å². The predicted molar refractivity (Wildman–Crippen MR) is 139 cm³/mol. The largest absolute Gasteiger partial charge is 0.484 e. The van der Waals surface area contributed by atoms with E-state index in [1.165, 1.54) is 4.90 Å². The highest BCUT2D eigenvalue weighted by Crippen LogP contribution is 2.16. The molecule has 8 heteroatoms. The number of furan rings is 1. The van der Waals surface area contributed by atoms with Gasteiger partial charge in [0.05, 0.1) is 13.1 Å². The molecule has 0 bridgehead atoms. The van der Waals surface area contributed by atoms with Gasteiger partial charge in [-0.05, 0) is 62.2 Å². The first-order chi connectivity index (χ1) is 17.4. The Labute approximate surface area is 217 Å². The average Bonchev–Trinajstić information content (AvgIpc) is 3.30. The summed E-state index contributed by atoms with van der Waals surface area (Å²) in [5.74, 6) is 1.56. The highest BCUT2D eigenvalue weighted by molar-refractivity contribution is 6.30. The lowest BCUT2D eigenvalue weighted by molar-refractivity contribution is -0.142. The van der Waals surface area contributed by atoms with E-state index in [2.05, 4.69) is 0 Å². The van der Waals surface area contributed by atoms with Crippen LogP contribution in [-0.4, -0.2) is 54.5 Å². The van der Waals surface area contributed by atoms with Gasteiger partial charge in [-0.25, -0.2) is 0 Å². The number of amides is 2. The van der Waals surface area contributed by atoms with Crippen molar-refractivity contribution in [2.75, 3.05) is 32.9 Å². The molecular formula is C28H33ClN2O5. The number of nitrogens with zero attached hydrogens (tertiary/aromatic N) is 2.